The van der Waals surface area contributed by atoms with E-state index in [0.717, 1.165) is 52.3 Å². The summed E-state index contributed by atoms with van der Waals surface area (Å²) in [4.78, 5) is 0. The average Bonchev–Trinajstić information content (AvgIpc) is 3.54. The van der Waals surface area contributed by atoms with Crippen LogP contribution in [0.15, 0.2) is 150 Å². The zero-order valence-corrected chi connectivity index (χ0v) is 25.9. The summed E-state index contributed by atoms with van der Waals surface area (Å²) in [5.74, 6) is 8.39. The van der Waals surface area contributed by atoms with Crippen molar-refractivity contribution >= 4 is 33.5 Å². The third-order valence-corrected chi connectivity index (χ3v) is 9.44. The number of nitrogens with zero attached hydrogens (tertiary/aromatic N) is 1. The fourth-order valence-electron chi connectivity index (χ4n) is 7.36. The first-order chi connectivity index (χ1) is 23.4. The largest absolute Gasteiger partial charge is 0.455 e. The second-order valence-corrected chi connectivity index (χ2v) is 12.1. The van der Waals surface area contributed by atoms with Gasteiger partial charge in [0.25, 0.3) is 0 Å². The maximum absolute atomic E-state index is 7.28. The highest BCUT2D eigenvalue weighted by molar-refractivity contribution is 6.10. The number of fused-ring (bicyclic) bond motifs is 4. The Morgan fingerprint density at radius 1 is 0.638 bits per heavy atom. The molecule has 47 heavy (non-hydrogen) atoms. The molecule has 0 radical (unpaired) electrons. The maximum atomic E-state index is 7.28. The topological polar surface area (TPSA) is 18.1 Å². The van der Waals surface area contributed by atoms with E-state index >= 15 is 0 Å². The summed E-state index contributed by atoms with van der Waals surface area (Å²) in [6, 6.07) is 43.3. The highest BCUT2D eigenvalue weighted by Gasteiger charge is 2.29. The Kier molecular flexibility index (Phi) is 6.61. The second kappa shape index (κ2) is 11.4. The van der Waals surface area contributed by atoms with Crippen molar-refractivity contribution in [3.05, 3.63) is 162 Å². The fourth-order valence-corrected chi connectivity index (χ4v) is 7.36. The highest BCUT2D eigenvalue weighted by Crippen LogP contribution is 2.48. The van der Waals surface area contributed by atoms with Crippen LogP contribution in [0.1, 0.15) is 29.5 Å². The molecule has 0 fully saturated rings. The smallest absolute Gasteiger partial charge is 0.142 e. The molecule has 2 heterocycles. The first-order valence-electron chi connectivity index (χ1n) is 16.3. The molecule has 0 saturated heterocycles. The van der Waals surface area contributed by atoms with Gasteiger partial charge in [0.1, 0.15) is 11.5 Å². The number of furan rings is 1. The van der Waals surface area contributed by atoms with Crippen LogP contribution in [-0.2, 0) is 6.42 Å². The number of para-hydroxylation sites is 2. The summed E-state index contributed by atoms with van der Waals surface area (Å²) < 4.78 is 9.71. The SMILES string of the molecule is C1#CCC(c2cccc(-n3c4ccccc4c4ccccc43)c2-c2oc(-c3ccccc3-c3ccccc3)c3c2CCC=C3)=CC=C1. The van der Waals surface area contributed by atoms with Crippen LogP contribution in [-0.4, -0.2) is 4.57 Å². The van der Waals surface area contributed by atoms with Crippen LogP contribution in [0, 0.1) is 11.8 Å². The van der Waals surface area contributed by atoms with Crippen LogP contribution in [0.5, 0.6) is 0 Å². The quantitative estimate of drug-likeness (QED) is 0.180. The van der Waals surface area contributed by atoms with Gasteiger partial charge in [0.05, 0.1) is 16.7 Å². The van der Waals surface area contributed by atoms with Crippen molar-refractivity contribution in [2.45, 2.75) is 19.3 Å². The Morgan fingerprint density at radius 3 is 2.15 bits per heavy atom. The molecule has 0 unspecified atom stereocenters. The van der Waals surface area contributed by atoms with Gasteiger partial charge in [-0.3, -0.25) is 0 Å². The van der Waals surface area contributed by atoms with Gasteiger partial charge in [-0.05, 0) is 59.4 Å². The van der Waals surface area contributed by atoms with Gasteiger partial charge in [-0.25, -0.2) is 0 Å². The number of allylic oxidation sites excluding steroid dienone is 5. The summed E-state index contributed by atoms with van der Waals surface area (Å²) in [5.41, 5.74) is 12.8. The van der Waals surface area contributed by atoms with Crippen LogP contribution in [0.25, 0.3) is 72.9 Å². The van der Waals surface area contributed by atoms with E-state index in [1.165, 1.54) is 44.1 Å². The number of benzene rings is 5. The lowest BCUT2D eigenvalue weighted by molar-refractivity contribution is 0.593. The first-order valence-corrected chi connectivity index (χ1v) is 16.3. The molecule has 0 amide bonds. The van der Waals surface area contributed by atoms with E-state index < -0.39 is 0 Å². The molecule has 2 aliphatic rings. The number of hydrogen-bond acceptors (Lipinski definition) is 1. The van der Waals surface area contributed by atoms with Crippen molar-refractivity contribution in [3.8, 4) is 51.3 Å². The lowest BCUT2D eigenvalue weighted by Crippen LogP contribution is -2.02. The summed E-state index contributed by atoms with van der Waals surface area (Å²) in [7, 11) is 0. The predicted molar refractivity (Wildman–Crippen MR) is 196 cm³/mol. The molecular weight excluding hydrogens is 571 g/mol. The van der Waals surface area contributed by atoms with Crippen molar-refractivity contribution in [1.29, 1.82) is 0 Å². The van der Waals surface area contributed by atoms with Gasteiger partial charge in [-0.15, -0.1) is 0 Å². The van der Waals surface area contributed by atoms with E-state index in [0.29, 0.717) is 6.42 Å². The van der Waals surface area contributed by atoms with Crippen LogP contribution in [0.4, 0.5) is 0 Å². The minimum absolute atomic E-state index is 0.670. The Morgan fingerprint density at radius 2 is 1.34 bits per heavy atom. The van der Waals surface area contributed by atoms with Crippen molar-refractivity contribution in [3.63, 3.8) is 0 Å². The van der Waals surface area contributed by atoms with E-state index in [2.05, 4.69) is 162 Å². The van der Waals surface area contributed by atoms with E-state index in [4.69, 9.17) is 4.42 Å². The lowest BCUT2D eigenvalue weighted by Gasteiger charge is -2.19. The number of rotatable bonds is 5. The van der Waals surface area contributed by atoms with Crippen LogP contribution in [0.2, 0.25) is 0 Å². The highest BCUT2D eigenvalue weighted by atomic mass is 16.3. The molecule has 0 bridgehead atoms. The van der Waals surface area contributed by atoms with Crippen molar-refractivity contribution < 1.29 is 4.42 Å². The third kappa shape index (κ3) is 4.51. The predicted octanol–water partition coefficient (Wildman–Crippen LogP) is 11.7. The van der Waals surface area contributed by atoms with Crippen molar-refractivity contribution in [2.24, 2.45) is 0 Å². The van der Waals surface area contributed by atoms with Gasteiger partial charge in [-0.2, -0.15) is 0 Å². The van der Waals surface area contributed by atoms with Gasteiger partial charge in [0.15, 0.2) is 0 Å². The Hall–Kier alpha value is -6.04. The van der Waals surface area contributed by atoms with Gasteiger partial charge in [0.2, 0.25) is 0 Å². The monoisotopic (exact) mass is 601 g/mol. The Balaban J connectivity index is 1.38. The van der Waals surface area contributed by atoms with Crippen LogP contribution < -0.4 is 0 Å². The normalized spacial score (nSPS) is 13.7. The van der Waals surface area contributed by atoms with E-state index in [1.807, 2.05) is 6.08 Å². The standard InChI is InChI=1S/C45H31NO/c1-2-5-20-32(19-4-1)34-27-16-30-42(46-40-28-14-12-22-35(40)36-23-13-15-29-41(36)46)43(34)45-39-26-11-10-25-38(39)44(47-45)37-24-9-8-21-33(37)31-17-6-3-7-18-31/h1,3-4,6-10,12-19,21-25,27-30H,11,20,26H2. The van der Waals surface area contributed by atoms with Crippen LogP contribution >= 0.6 is 0 Å². The molecule has 7 aromatic rings. The molecule has 2 nitrogen and oxygen atoms in total. The van der Waals surface area contributed by atoms with Gasteiger partial charge in [0, 0.05) is 39.4 Å². The molecule has 9 rings (SSSR count). The Bertz CT molecular complexity index is 2430. The van der Waals surface area contributed by atoms with Crippen molar-refractivity contribution in [2.75, 3.05) is 0 Å². The van der Waals surface area contributed by atoms with Crippen molar-refractivity contribution in [1.82, 2.24) is 4.57 Å². The van der Waals surface area contributed by atoms with E-state index in [-0.39, 0.29) is 0 Å². The molecule has 2 heteroatoms. The molecule has 0 saturated carbocycles. The summed E-state index contributed by atoms with van der Waals surface area (Å²) in [6.07, 6.45) is 13.3. The summed E-state index contributed by atoms with van der Waals surface area (Å²) >= 11 is 0. The molecular formula is C45H31NO. The number of hydrogen-bond donors (Lipinski definition) is 0. The molecule has 5 aromatic carbocycles. The molecule has 0 N–H and O–H groups in total. The van der Waals surface area contributed by atoms with Gasteiger partial charge >= 0.3 is 0 Å². The lowest BCUT2D eigenvalue weighted by atomic mass is 9.88. The van der Waals surface area contributed by atoms with Gasteiger partial charge < -0.3 is 8.98 Å². The average molecular weight is 602 g/mol. The minimum atomic E-state index is 0.670. The molecule has 0 atom stereocenters. The first kappa shape index (κ1) is 27.3. The third-order valence-electron chi connectivity index (χ3n) is 9.44. The zero-order valence-electron chi connectivity index (χ0n) is 25.9. The molecule has 0 spiro atoms. The molecule has 222 valence electrons. The summed E-state index contributed by atoms with van der Waals surface area (Å²) in [5, 5.41) is 2.48. The maximum Gasteiger partial charge on any atom is 0.142 e. The fraction of sp³-hybridized carbons (Fsp3) is 0.0667. The second-order valence-electron chi connectivity index (χ2n) is 12.1. The van der Waals surface area contributed by atoms with Crippen LogP contribution in [0.3, 0.4) is 0 Å². The minimum Gasteiger partial charge on any atom is -0.455 e. The van der Waals surface area contributed by atoms with Gasteiger partial charge in [-0.1, -0.05) is 139 Å². The van der Waals surface area contributed by atoms with E-state index in [9.17, 15) is 0 Å². The zero-order chi connectivity index (χ0) is 31.2. The Labute approximate surface area is 274 Å². The summed E-state index contributed by atoms with van der Waals surface area (Å²) in [6.45, 7) is 0. The molecule has 2 aliphatic carbocycles. The molecule has 2 aromatic heterocycles. The molecule has 0 aliphatic heterocycles. The number of aromatic nitrogens is 1. The van der Waals surface area contributed by atoms with E-state index in [1.54, 1.807) is 0 Å².